The smallest absolute Gasteiger partial charge is 0.123 e. The van der Waals surface area contributed by atoms with Gasteiger partial charge in [-0.2, -0.15) is 0 Å². The monoisotopic (exact) mass is 682 g/mol. The van der Waals surface area contributed by atoms with Crippen LogP contribution in [0.25, 0.3) is 38.6 Å². The third-order valence-corrected chi connectivity index (χ3v) is 9.85. The van der Waals surface area contributed by atoms with E-state index < -0.39 is 0 Å². The van der Waals surface area contributed by atoms with Gasteiger partial charge in [0.2, 0.25) is 0 Å². The van der Waals surface area contributed by atoms with Crippen molar-refractivity contribution in [3.63, 3.8) is 0 Å². The first kappa shape index (κ1) is 32.0. The fraction of sp³-hybridized carbons (Fsp3) is 0. The summed E-state index contributed by atoms with van der Waals surface area (Å²) in [5.74, 6) is -0.253. The molecule has 3 heteroatoms. The Labute approximate surface area is 309 Å². The van der Waals surface area contributed by atoms with E-state index in [-0.39, 0.29) is 5.82 Å². The summed E-state index contributed by atoms with van der Waals surface area (Å²) in [4.78, 5) is 2.32. The van der Waals surface area contributed by atoms with E-state index in [1.807, 2.05) is 12.1 Å². The third kappa shape index (κ3) is 6.09. The van der Waals surface area contributed by atoms with E-state index in [0.717, 1.165) is 72.4 Å². The molecule has 9 rings (SSSR count). The Balaban J connectivity index is 1.29. The van der Waals surface area contributed by atoms with Crippen molar-refractivity contribution in [3.8, 4) is 5.69 Å². The average Bonchev–Trinajstić information content (AvgIpc) is 3.55. The van der Waals surface area contributed by atoms with Crippen molar-refractivity contribution in [1.82, 2.24) is 4.57 Å². The molecule has 0 saturated carbocycles. The van der Waals surface area contributed by atoms with Crippen molar-refractivity contribution in [2.24, 2.45) is 0 Å². The molecule has 8 aromatic carbocycles. The van der Waals surface area contributed by atoms with Crippen LogP contribution in [0.4, 0.5) is 21.5 Å². The Bertz CT molecular complexity index is 2660. The van der Waals surface area contributed by atoms with Crippen LogP contribution in [0, 0.1) is 5.82 Å². The van der Waals surface area contributed by atoms with Crippen LogP contribution in [-0.2, 0) is 0 Å². The molecule has 252 valence electrons. The Morgan fingerprint density at radius 1 is 0.358 bits per heavy atom. The number of aromatic nitrogens is 1. The molecule has 0 aliphatic rings. The summed E-state index contributed by atoms with van der Waals surface area (Å²) in [5.41, 5.74) is 13.0. The van der Waals surface area contributed by atoms with E-state index in [1.165, 1.54) is 17.7 Å². The van der Waals surface area contributed by atoms with Gasteiger partial charge in [-0.1, -0.05) is 146 Å². The summed E-state index contributed by atoms with van der Waals surface area (Å²) in [6.45, 7) is 0. The van der Waals surface area contributed by atoms with Crippen LogP contribution in [0.2, 0.25) is 0 Å². The second-order valence-electron chi connectivity index (χ2n) is 13.1. The van der Waals surface area contributed by atoms with Gasteiger partial charge in [0.25, 0.3) is 0 Å². The molecule has 0 amide bonds. The molecule has 0 radical (unpaired) electrons. The second kappa shape index (κ2) is 14.0. The lowest BCUT2D eigenvalue weighted by atomic mass is 9.85. The number of benzene rings is 8. The topological polar surface area (TPSA) is 8.17 Å². The molecule has 0 bridgehead atoms. The largest absolute Gasteiger partial charge is 0.310 e. The fourth-order valence-electron chi connectivity index (χ4n) is 7.52. The number of hydrogen-bond donors (Lipinski definition) is 0. The number of fused-ring (bicyclic) bond motifs is 3. The summed E-state index contributed by atoms with van der Waals surface area (Å²) in [5, 5.41) is 2.29. The lowest BCUT2D eigenvalue weighted by Crippen LogP contribution is -2.10. The highest BCUT2D eigenvalue weighted by molar-refractivity contribution is 6.10. The molecule has 0 fully saturated rings. The molecule has 2 nitrogen and oxygen atoms in total. The van der Waals surface area contributed by atoms with Crippen molar-refractivity contribution < 1.29 is 4.39 Å². The van der Waals surface area contributed by atoms with Crippen LogP contribution < -0.4 is 4.90 Å². The van der Waals surface area contributed by atoms with Crippen LogP contribution in [-0.4, -0.2) is 4.57 Å². The predicted octanol–water partition coefficient (Wildman–Crippen LogP) is 13.4. The zero-order valence-corrected chi connectivity index (χ0v) is 29.0. The second-order valence-corrected chi connectivity index (χ2v) is 13.1. The van der Waals surface area contributed by atoms with Gasteiger partial charge in [-0.3, -0.25) is 0 Å². The van der Waals surface area contributed by atoms with Gasteiger partial charge in [-0.25, -0.2) is 4.39 Å². The maximum Gasteiger partial charge on any atom is 0.123 e. The molecule has 0 spiro atoms. The fourth-order valence-corrected chi connectivity index (χ4v) is 7.52. The molecule has 1 aromatic heterocycles. The molecule has 0 aliphatic carbocycles. The quantitative estimate of drug-likeness (QED) is 0.145. The van der Waals surface area contributed by atoms with Gasteiger partial charge in [0.05, 0.1) is 11.0 Å². The van der Waals surface area contributed by atoms with Crippen molar-refractivity contribution >= 4 is 50.0 Å². The van der Waals surface area contributed by atoms with Crippen LogP contribution in [0.1, 0.15) is 22.3 Å². The zero-order chi connectivity index (χ0) is 35.6. The van der Waals surface area contributed by atoms with Crippen molar-refractivity contribution in [3.05, 3.63) is 240 Å². The predicted molar refractivity (Wildman–Crippen MR) is 220 cm³/mol. The number of nitrogens with zero attached hydrogens (tertiary/aromatic N) is 2. The zero-order valence-electron chi connectivity index (χ0n) is 29.0. The number of halogens is 1. The van der Waals surface area contributed by atoms with Gasteiger partial charge < -0.3 is 9.47 Å². The lowest BCUT2D eigenvalue weighted by molar-refractivity contribution is 0.627. The molecule has 0 N–H and O–H groups in total. The van der Waals surface area contributed by atoms with Crippen molar-refractivity contribution in [2.75, 3.05) is 4.90 Å². The molecule has 0 atom stereocenters. The Morgan fingerprint density at radius 3 is 1.45 bits per heavy atom. The minimum atomic E-state index is -0.253. The molecular weight excluding hydrogens is 648 g/mol. The van der Waals surface area contributed by atoms with E-state index in [0.29, 0.717) is 0 Å². The normalized spacial score (nSPS) is 11.1. The van der Waals surface area contributed by atoms with E-state index in [2.05, 4.69) is 198 Å². The van der Waals surface area contributed by atoms with Gasteiger partial charge in [0.1, 0.15) is 5.82 Å². The van der Waals surface area contributed by atoms with Gasteiger partial charge in [0, 0.05) is 33.5 Å². The van der Waals surface area contributed by atoms with Crippen LogP contribution in [0.15, 0.2) is 212 Å². The summed E-state index contributed by atoms with van der Waals surface area (Å²) < 4.78 is 16.4. The molecule has 0 aliphatic heterocycles. The van der Waals surface area contributed by atoms with Crippen LogP contribution >= 0.6 is 0 Å². The molecule has 9 aromatic rings. The van der Waals surface area contributed by atoms with Gasteiger partial charge in [-0.15, -0.1) is 0 Å². The summed E-state index contributed by atoms with van der Waals surface area (Å²) in [6.07, 6.45) is 0. The first-order valence-electron chi connectivity index (χ1n) is 17.9. The number of hydrogen-bond acceptors (Lipinski definition) is 1. The van der Waals surface area contributed by atoms with Gasteiger partial charge >= 0.3 is 0 Å². The molecule has 1 heterocycles. The summed E-state index contributed by atoms with van der Waals surface area (Å²) in [7, 11) is 0. The SMILES string of the molecule is Fc1ccc(-n2c3ccccc3c3ccc(N(c4ccccc4)c4cccc(C(=C(c5ccccc5)c5ccccc5)c5ccccc5)c4)cc32)cc1. The van der Waals surface area contributed by atoms with E-state index in [9.17, 15) is 4.39 Å². The van der Waals surface area contributed by atoms with Gasteiger partial charge in [-0.05, 0) is 100 Å². The average molecular weight is 683 g/mol. The lowest BCUT2D eigenvalue weighted by Gasteiger charge is -2.27. The Morgan fingerprint density at radius 2 is 0.830 bits per heavy atom. The van der Waals surface area contributed by atoms with E-state index >= 15 is 0 Å². The third-order valence-electron chi connectivity index (χ3n) is 9.85. The van der Waals surface area contributed by atoms with Gasteiger partial charge in [0.15, 0.2) is 0 Å². The highest BCUT2D eigenvalue weighted by Crippen LogP contribution is 2.42. The highest BCUT2D eigenvalue weighted by Gasteiger charge is 2.20. The summed E-state index contributed by atoms with van der Waals surface area (Å²) in [6, 6.07) is 73.3. The minimum Gasteiger partial charge on any atom is -0.310 e. The van der Waals surface area contributed by atoms with E-state index in [1.54, 1.807) is 0 Å². The Hall–Kier alpha value is -6.97. The molecule has 53 heavy (non-hydrogen) atoms. The van der Waals surface area contributed by atoms with Crippen LogP contribution in [0.3, 0.4) is 0 Å². The minimum absolute atomic E-state index is 0.253. The van der Waals surface area contributed by atoms with Crippen LogP contribution in [0.5, 0.6) is 0 Å². The molecular formula is C50H35FN2. The number of para-hydroxylation sites is 2. The maximum absolute atomic E-state index is 14.1. The number of rotatable bonds is 8. The molecule has 0 saturated heterocycles. The number of anilines is 3. The standard InChI is InChI=1S/C50H35FN2/c51-40-28-30-42(31-29-40)53-47-27-14-13-26-45(47)46-33-32-44(35-48(46)53)52(41-23-11-4-12-24-41)43-25-15-22-39(34-43)50(38-20-9-3-10-21-38)49(36-16-5-1-6-17-36)37-18-7-2-8-19-37/h1-35H. The highest BCUT2D eigenvalue weighted by atomic mass is 19.1. The summed E-state index contributed by atoms with van der Waals surface area (Å²) >= 11 is 0. The first-order chi connectivity index (χ1) is 26.2. The van der Waals surface area contributed by atoms with Crippen molar-refractivity contribution in [2.45, 2.75) is 0 Å². The Kier molecular flexibility index (Phi) is 8.43. The van der Waals surface area contributed by atoms with Crippen molar-refractivity contribution in [1.29, 1.82) is 0 Å². The maximum atomic E-state index is 14.1. The van der Waals surface area contributed by atoms with E-state index in [4.69, 9.17) is 0 Å². The first-order valence-corrected chi connectivity index (χ1v) is 17.9. The molecule has 0 unspecified atom stereocenters.